The summed E-state index contributed by atoms with van der Waals surface area (Å²) < 4.78 is 5.82. The summed E-state index contributed by atoms with van der Waals surface area (Å²) >= 11 is 1.31. The summed E-state index contributed by atoms with van der Waals surface area (Å²) in [6.45, 7) is 5.79. The van der Waals surface area contributed by atoms with Crippen LogP contribution >= 0.6 is 11.8 Å². The first-order valence-corrected chi connectivity index (χ1v) is 9.44. The van der Waals surface area contributed by atoms with Gasteiger partial charge >= 0.3 is 0 Å². The molecule has 0 spiro atoms. The summed E-state index contributed by atoms with van der Waals surface area (Å²) in [6, 6.07) is 6.24. The van der Waals surface area contributed by atoms with E-state index in [0.29, 0.717) is 16.9 Å². The summed E-state index contributed by atoms with van der Waals surface area (Å²) in [5.74, 6) is 0.972. The van der Waals surface area contributed by atoms with E-state index in [4.69, 9.17) is 4.42 Å². The van der Waals surface area contributed by atoms with Crippen molar-refractivity contribution in [2.45, 2.75) is 31.9 Å². The van der Waals surface area contributed by atoms with Crippen molar-refractivity contribution in [2.24, 2.45) is 0 Å². The third-order valence-electron chi connectivity index (χ3n) is 4.54. The minimum absolute atomic E-state index is 0.140. The Bertz CT molecular complexity index is 924. The van der Waals surface area contributed by atoms with Crippen LogP contribution < -0.4 is 0 Å². The van der Waals surface area contributed by atoms with Gasteiger partial charge in [-0.3, -0.25) is 4.79 Å². The van der Waals surface area contributed by atoms with Crippen LogP contribution in [0, 0.1) is 13.8 Å². The zero-order valence-electron chi connectivity index (χ0n) is 14.3. The molecular weight excluding hydrogens is 336 g/mol. The van der Waals surface area contributed by atoms with Gasteiger partial charge < -0.3 is 14.3 Å². The number of likely N-dealkylation sites (tertiary alicyclic amines) is 1. The van der Waals surface area contributed by atoms with Crippen LogP contribution in [0.25, 0.3) is 22.4 Å². The smallest absolute Gasteiger partial charge is 0.277 e. The fraction of sp³-hybridized carbons (Fsp3) is 0.389. The highest BCUT2D eigenvalue weighted by atomic mass is 32.2. The highest BCUT2D eigenvalue weighted by Gasteiger charge is 2.20. The second-order valence-electron chi connectivity index (χ2n) is 6.42. The molecule has 0 saturated carbocycles. The number of nitrogens with zero attached hydrogens (tertiary/aromatic N) is 3. The van der Waals surface area contributed by atoms with Crippen LogP contribution in [0.1, 0.15) is 24.1 Å². The van der Waals surface area contributed by atoms with Gasteiger partial charge in [-0.1, -0.05) is 23.4 Å². The van der Waals surface area contributed by atoms with Crippen LogP contribution in [0.4, 0.5) is 0 Å². The SMILES string of the molecule is Cc1ccc2[nH]c(C)c(-c3nnc(SCC(=O)N4CCCC4)o3)c2c1. The van der Waals surface area contributed by atoms with E-state index in [1.54, 1.807) is 0 Å². The van der Waals surface area contributed by atoms with Crippen LogP contribution in [0.3, 0.4) is 0 Å². The number of aromatic nitrogens is 3. The average Bonchev–Trinajstić information content (AvgIpc) is 3.31. The Morgan fingerprint density at radius 2 is 2.08 bits per heavy atom. The first-order valence-electron chi connectivity index (χ1n) is 8.45. The summed E-state index contributed by atoms with van der Waals surface area (Å²) in [6.07, 6.45) is 2.20. The van der Waals surface area contributed by atoms with E-state index in [0.717, 1.165) is 48.1 Å². The molecule has 6 nitrogen and oxygen atoms in total. The van der Waals surface area contributed by atoms with Crippen molar-refractivity contribution in [3.05, 3.63) is 29.5 Å². The molecule has 1 aliphatic rings. The second kappa shape index (κ2) is 6.55. The van der Waals surface area contributed by atoms with E-state index in [-0.39, 0.29) is 5.91 Å². The van der Waals surface area contributed by atoms with Gasteiger partial charge in [-0.2, -0.15) is 0 Å². The van der Waals surface area contributed by atoms with Gasteiger partial charge in [-0.15, -0.1) is 10.2 Å². The number of H-pyrrole nitrogens is 1. The Kier molecular flexibility index (Phi) is 4.25. The van der Waals surface area contributed by atoms with Crippen molar-refractivity contribution in [3.8, 4) is 11.5 Å². The number of benzene rings is 1. The summed E-state index contributed by atoms with van der Waals surface area (Å²) in [5, 5.41) is 9.80. The topological polar surface area (TPSA) is 75.0 Å². The van der Waals surface area contributed by atoms with Gasteiger partial charge in [0.25, 0.3) is 11.1 Å². The quantitative estimate of drug-likeness (QED) is 0.724. The van der Waals surface area contributed by atoms with Crippen molar-refractivity contribution in [2.75, 3.05) is 18.8 Å². The number of carbonyl (C=O) groups is 1. The largest absolute Gasteiger partial charge is 0.411 e. The molecule has 0 atom stereocenters. The number of thioether (sulfide) groups is 1. The molecule has 0 bridgehead atoms. The minimum atomic E-state index is 0.140. The normalized spacial score (nSPS) is 14.6. The number of aryl methyl sites for hydroxylation is 2. The zero-order valence-corrected chi connectivity index (χ0v) is 15.2. The number of hydrogen-bond acceptors (Lipinski definition) is 5. The average molecular weight is 356 g/mol. The molecule has 1 amide bonds. The van der Waals surface area contributed by atoms with Crippen molar-refractivity contribution < 1.29 is 9.21 Å². The lowest BCUT2D eigenvalue weighted by Gasteiger charge is -2.13. The van der Waals surface area contributed by atoms with Crippen LogP contribution in [0.2, 0.25) is 0 Å². The first-order chi connectivity index (χ1) is 12.1. The van der Waals surface area contributed by atoms with Crippen molar-refractivity contribution in [3.63, 3.8) is 0 Å². The molecule has 0 radical (unpaired) electrons. The Balaban J connectivity index is 1.54. The molecule has 1 fully saturated rings. The standard InChI is InChI=1S/C18H20N4O2S/c1-11-5-6-14-13(9-11)16(12(2)19-14)17-20-21-18(24-17)25-10-15(23)22-7-3-4-8-22/h5-6,9,19H,3-4,7-8,10H2,1-2H3. The molecule has 1 aliphatic heterocycles. The number of carbonyl (C=O) groups excluding carboxylic acids is 1. The lowest BCUT2D eigenvalue weighted by Crippen LogP contribution is -2.29. The Morgan fingerprint density at radius 3 is 2.88 bits per heavy atom. The lowest BCUT2D eigenvalue weighted by atomic mass is 10.1. The molecule has 0 unspecified atom stereocenters. The predicted molar refractivity (Wildman–Crippen MR) is 97.6 cm³/mol. The van der Waals surface area contributed by atoms with E-state index in [1.807, 2.05) is 11.8 Å². The van der Waals surface area contributed by atoms with E-state index in [1.165, 1.54) is 17.3 Å². The Hall–Kier alpha value is -2.28. The zero-order chi connectivity index (χ0) is 17.4. The summed E-state index contributed by atoms with van der Waals surface area (Å²) in [7, 11) is 0. The van der Waals surface area contributed by atoms with Crippen molar-refractivity contribution in [1.82, 2.24) is 20.1 Å². The monoisotopic (exact) mass is 356 g/mol. The fourth-order valence-electron chi connectivity index (χ4n) is 3.27. The van der Waals surface area contributed by atoms with Crippen LogP contribution in [0.5, 0.6) is 0 Å². The van der Waals surface area contributed by atoms with Gasteiger partial charge in [0.2, 0.25) is 5.91 Å². The third kappa shape index (κ3) is 3.16. The molecule has 1 aromatic carbocycles. The molecule has 0 aliphatic carbocycles. The van der Waals surface area contributed by atoms with Gasteiger partial charge in [-0.25, -0.2) is 0 Å². The van der Waals surface area contributed by atoms with E-state index >= 15 is 0 Å². The molecule has 2 aromatic heterocycles. The van der Waals surface area contributed by atoms with E-state index < -0.39 is 0 Å². The molecule has 1 saturated heterocycles. The molecule has 4 rings (SSSR count). The van der Waals surface area contributed by atoms with Gasteiger partial charge in [0.1, 0.15) is 0 Å². The van der Waals surface area contributed by atoms with E-state index in [9.17, 15) is 4.79 Å². The molecule has 3 heterocycles. The lowest BCUT2D eigenvalue weighted by molar-refractivity contribution is -0.127. The number of rotatable bonds is 4. The molecule has 1 N–H and O–H groups in total. The molecule has 7 heteroatoms. The van der Waals surface area contributed by atoms with Crippen molar-refractivity contribution in [1.29, 1.82) is 0 Å². The summed E-state index contributed by atoms with van der Waals surface area (Å²) in [5.41, 5.74) is 4.16. The van der Waals surface area contributed by atoms with Crippen molar-refractivity contribution >= 4 is 28.6 Å². The fourth-order valence-corrected chi connectivity index (χ4v) is 3.93. The third-order valence-corrected chi connectivity index (χ3v) is 5.34. The number of hydrogen-bond donors (Lipinski definition) is 1. The first kappa shape index (κ1) is 16.2. The van der Waals surface area contributed by atoms with Crippen LogP contribution in [-0.4, -0.2) is 44.8 Å². The number of amides is 1. The Morgan fingerprint density at radius 1 is 1.28 bits per heavy atom. The Labute approximate surface area is 150 Å². The van der Waals surface area contributed by atoms with Gasteiger partial charge in [0, 0.05) is 29.7 Å². The molecular formula is C18H20N4O2S. The number of aromatic amines is 1. The number of fused-ring (bicyclic) bond motifs is 1. The van der Waals surface area contributed by atoms with Gasteiger partial charge in [0.15, 0.2) is 0 Å². The maximum absolute atomic E-state index is 12.1. The predicted octanol–water partition coefficient (Wildman–Crippen LogP) is 3.55. The maximum atomic E-state index is 12.1. The number of nitrogens with one attached hydrogen (secondary N) is 1. The van der Waals surface area contributed by atoms with Crippen LogP contribution in [-0.2, 0) is 4.79 Å². The molecule has 25 heavy (non-hydrogen) atoms. The maximum Gasteiger partial charge on any atom is 0.277 e. The molecule has 130 valence electrons. The van der Waals surface area contributed by atoms with Crippen LogP contribution in [0.15, 0.2) is 27.8 Å². The summed E-state index contributed by atoms with van der Waals surface area (Å²) in [4.78, 5) is 17.4. The molecule has 3 aromatic rings. The van der Waals surface area contributed by atoms with Gasteiger partial charge in [0.05, 0.1) is 11.3 Å². The highest BCUT2D eigenvalue weighted by molar-refractivity contribution is 7.99. The minimum Gasteiger partial charge on any atom is -0.411 e. The van der Waals surface area contributed by atoms with Gasteiger partial charge in [-0.05, 0) is 38.8 Å². The highest BCUT2D eigenvalue weighted by Crippen LogP contribution is 2.33. The second-order valence-corrected chi connectivity index (χ2v) is 7.35. The van der Waals surface area contributed by atoms with E-state index in [2.05, 4.69) is 40.3 Å².